The number of benzene rings is 2. The van der Waals surface area contributed by atoms with E-state index in [-0.39, 0.29) is 62.2 Å². The molecular formula is C31H32N4O2U2. The third kappa shape index (κ3) is 6.31. The van der Waals surface area contributed by atoms with Crippen molar-refractivity contribution in [3.05, 3.63) is 82.2 Å². The topological polar surface area (TPSA) is 69.0 Å². The van der Waals surface area contributed by atoms with Gasteiger partial charge in [-0.25, -0.2) is 9.97 Å². The second-order valence-corrected chi connectivity index (χ2v) is 9.97. The Hall–Kier alpha value is -1.70. The first-order valence-electron chi connectivity index (χ1n) is 13.4. The Bertz CT molecular complexity index is 1440. The summed E-state index contributed by atoms with van der Waals surface area (Å²) in [6, 6.07) is 16.6. The molecule has 0 N–H and O–H groups in total. The monoisotopic (exact) mass is 968 g/mol. The van der Waals surface area contributed by atoms with E-state index in [1.807, 2.05) is 12.1 Å². The van der Waals surface area contributed by atoms with Crippen molar-refractivity contribution in [2.24, 2.45) is 10.3 Å². The molecular weight excluding hydrogens is 936 g/mol. The Balaban J connectivity index is 0.00000176. The summed E-state index contributed by atoms with van der Waals surface area (Å²) >= 11 is 0. The van der Waals surface area contributed by atoms with Gasteiger partial charge < -0.3 is 9.68 Å². The third-order valence-corrected chi connectivity index (χ3v) is 7.61. The molecule has 0 fully saturated rings. The van der Waals surface area contributed by atoms with Crippen LogP contribution >= 0.6 is 0 Å². The molecule has 2 heterocycles. The van der Waals surface area contributed by atoms with Crippen molar-refractivity contribution in [3.8, 4) is 0 Å². The van der Waals surface area contributed by atoms with Gasteiger partial charge in [0, 0.05) is 79.4 Å². The molecule has 0 saturated carbocycles. The smallest absolute Gasteiger partial charge is 0.120 e. The van der Waals surface area contributed by atoms with E-state index in [1.54, 1.807) is 0 Å². The fourth-order valence-electron chi connectivity index (χ4n) is 5.64. The number of hydrogen-bond donors (Lipinski definition) is 0. The van der Waals surface area contributed by atoms with Crippen molar-refractivity contribution in [1.29, 1.82) is 0 Å². The molecule has 0 radical (unpaired) electrons. The zero-order chi connectivity index (χ0) is 25.2. The largest absolute Gasteiger partial charge is 0.395 e. The zero-order valence-corrected chi connectivity index (χ0v) is 30.9. The van der Waals surface area contributed by atoms with Crippen LogP contribution in [-0.2, 0) is 22.5 Å². The number of oxime groups is 2. The van der Waals surface area contributed by atoms with Crippen LogP contribution in [0, 0.1) is 76.1 Å². The number of aryl methyl sites for hydroxylation is 2. The van der Waals surface area contributed by atoms with E-state index >= 15 is 0 Å². The van der Waals surface area contributed by atoms with E-state index in [0.29, 0.717) is 19.6 Å². The van der Waals surface area contributed by atoms with Gasteiger partial charge in [0.2, 0.25) is 0 Å². The molecule has 2 aromatic heterocycles. The SMILES string of the molecule is Cc1c2c(nc3ccccc13)/C(=N/OCCCO/N=C1\CCCc3c1nc1ccccc1c3C)CCC2.[U].[U]. The van der Waals surface area contributed by atoms with Crippen molar-refractivity contribution in [2.45, 2.75) is 58.8 Å². The minimum absolute atomic E-state index is 0. The Morgan fingerprint density at radius 2 is 1.08 bits per heavy atom. The van der Waals surface area contributed by atoms with E-state index < -0.39 is 0 Å². The molecule has 0 unspecified atom stereocenters. The van der Waals surface area contributed by atoms with E-state index in [9.17, 15) is 0 Å². The van der Waals surface area contributed by atoms with Gasteiger partial charge in [0.05, 0.1) is 22.4 Å². The van der Waals surface area contributed by atoms with Crippen LogP contribution in [0.3, 0.4) is 0 Å². The van der Waals surface area contributed by atoms with Crippen LogP contribution in [0.2, 0.25) is 0 Å². The van der Waals surface area contributed by atoms with Crippen molar-refractivity contribution < 1.29 is 71.9 Å². The van der Waals surface area contributed by atoms with Crippen LogP contribution in [0.1, 0.15) is 65.7 Å². The number of nitrogens with zero attached hydrogens (tertiary/aromatic N) is 4. The zero-order valence-electron chi connectivity index (χ0n) is 22.6. The first-order chi connectivity index (χ1) is 18.2. The first kappa shape index (κ1) is 30.3. The Kier molecular flexibility index (Phi) is 10.7. The molecule has 0 saturated heterocycles. The quantitative estimate of drug-likeness (QED) is 0.162. The van der Waals surface area contributed by atoms with Gasteiger partial charge in [0.1, 0.15) is 24.6 Å². The minimum atomic E-state index is 0. The molecule has 4 aromatic rings. The Labute approximate surface area is 277 Å². The van der Waals surface area contributed by atoms with Crippen molar-refractivity contribution in [1.82, 2.24) is 9.97 Å². The normalized spacial score (nSPS) is 16.4. The summed E-state index contributed by atoms with van der Waals surface area (Å²) in [5, 5.41) is 11.4. The van der Waals surface area contributed by atoms with Crippen LogP contribution in [0.4, 0.5) is 0 Å². The number of rotatable bonds is 6. The molecule has 6 rings (SSSR count). The minimum Gasteiger partial charge on any atom is -0.395 e. The average Bonchev–Trinajstić information content (AvgIpc) is 2.93. The first-order valence-corrected chi connectivity index (χ1v) is 13.4. The average molecular weight is 969 g/mol. The molecule has 0 atom stereocenters. The van der Waals surface area contributed by atoms with Crippen LogP contribution < -0.4 is 0 Å². The fourth-order valence-corrected chi connectivity index (χ4v) is 5.64. The number of hydrogen-bond acceptors (Lipinski definition) is 6. The van der Waals surface area contributed by atoms with E-state index in [4.69, 9.17) is 19.6 Å². The molecule has 0 aliphatic heterocycles. The predicted octanol–water partition coefficient (Wildman–Crippen LogP) is 6.60. The van der Waals surface area contributed by atoms with Crippen molar-refractivity contribution in [2.75, 3.05) is 13.2 Å². The van der Waals surface area contributed by atoms with Crippen molar-refractivity contribution >= 4 is 33.2 Å². The molecule has 39 heavy (non-hydrogen) atoms. The maximum atomic E-state index is 5.70. The summed E-state index contributed by atoms with van der Waals surface area (Å²) in [4.78, 5) is 21.2. The molecule has 0 bridgehead atoms. The van der Waals surface area contributed by atoms with Crippen LogP contribution in [0.15, 0.2) is 58.8 Å². The standard InChI is InChI=1S/C31H32N4O2.2U/c1-20-22-10-3-5-14-26(22)32-30-24(20)12-7-16-28(30)34-36-18-9-19-37-35-29-17-8-13-25-21(2)23-11-4-6-15-27(23)33-31(25)29;;/h3-6,10-11,14-15H,7-9,12-13,16-19H2,1-2H3;;/b34-28+,35-29+;;. The van der Waals surface area contributed by atoms with Gasteiger partial charge >= 0.3 is 0 Å². The Morgan fingerprint density at radius 1 is 0.641 bits per heavy atom. The van der Waals surface area contributed by atoms with E-state index in [0.717, 1.165) is 72.4 Å². The maximum Gasteiger partial charge on any atom is 0.120 e. The summed E-state index contributed by atoms with van der Waals surface area (Å²) in [6.07, 6.45) is 6.72. The van der Waals surface area contributed by atoms with Gasteiger partial charge in [-0.15, -0.1) is 0 Å². The van der Waals surface area contributed by atoms with Gasteiger partial charge in [0.25, 0.3) is 0 Å². The van der Waals surface area contributed by atoms with Gasteiger partial charge in [-0.05, 0) is 86.8 Å². The predicted molar refractivity (Wildman–Crippen MR) is 148 cm³/mol. The molecule has 0 amide bonds. The summed E-state index contributed by atoms with van der Waals surface area (Å²) < 4.78 is 0. The number of aromatic nitrogens is 2. The molecule has 2 aliphatic rings. The second kappa shape index (κ2) is 13.8. The fraction of sp³-hybridized carbons (Fsp3) is 0.355. The van der Waals surface area contributed by atoms with Gasteiger partial charge in [-0.3, -0.25) is 0 Å². The third-order valence-electron chi connectivity index (χ3n) is 7.61. The van der Waals surface area contributed by atoms with Crippen molar-refractivity contribution in [3.63, 3.8) is 0 Å². The van der Waals surface area contributed by atoms with Crippen LogP contribution in [-0.4, -0.2) is 34.6 Å². The summed E-state index contributed by atoms with van der Waals surface area (Å²) in [5.74, 6) is 0. The molecule has 2 aliphatic carbocycles. The summed E-state index contributed by atoms with van der Waals surface area (Å²) in [5.41, 5.74) is 11.1. The van der Waals surface area contributed by atoms with Crippen LogP contribution in [0.25, 0.3) is 21.8 Å². The van der Waals surface area contributed by atoms with E-state index in [2.05, 4.69) is 60.6 Å². The molecule has 6 nitrogen and oxygen atoms in total. The molecule has 196 valence electrons. The Morgan fingerprint density at radius 3 is 1.54 bits per heavy atom. The summed E-state index contributed by atoms with van der Waals surface area (Å²) in [6.45, 7) is 5.34. The molecule has 2 aromatic carbocycles. The number of fused-ring (bicyclic) bond motifs is 4. The second-order valence-electron chi connectivity index (χ2n) is 9.97. The number of para-hydroxylation sites is 2. The van der Waals surface area contributed by atoms with E-state index in [1.165, 1.54) is 33.0 Å². The van der Waals surface area contributed by atoms with Gasteiger partial charge in [-0.1, -0.05) is 46.7 Å². The van der Waals surface area contributed by atoms with Crippen LogP contribution in [0.5, 0.6) is 0 Å². The molecule has 0 spiro atoms. The van der Waals surface area contributed by atoms with Gasteiger partial charge in [-0.2, -0.15) is 0 Å². The molecule has 8 heteroatoms. The summed E-state index contributed by atoms with van der Waals surface area (Å²) in [7, 11) is 0. The van der Waals surface area contributed by atoms with Gasteiger partial charge in [0.15, 0.2) is 0 Å². The maximum absolute atomic E-state index is 5.70. The number of pyridine rings is 2.